The second-order valence-electron chi connectivity index (χ2n) is 2.82. The Balaban J connectivity index is 2.62. The van der Waals surface area contributed by atoms with Crippen molar-refractivity contribution in [3.8, 4) is 0 Å². The van der Waals surface area contributed by atoms with Gasteiger partial charge in [0.2, 0.25) is 0 Å². The molecule has 0 nitrogen and oxygen atoms in total. The molecule has 0 saturated heterocycles. The summed E-state index contributed by atoms with van der Waals surface area (Å²) in [5.41, 5.74) is 0. The average Bonchev–Trinajstić information content (AvgIpc) is 1.83. The number of hydrogen-bond acceptors (Lipinski definition) is 0. The Morgan fingerprint density at radius 2 is 1.92 bits per heavy atom. The first-order chi connectivity index (χ1) is 5.41. The third-order valence-electron chi connectivity index (χ3n) is 1.59. The minimum absolute atomic E-state index is 0.129. The van der Waals surface area contributed by atoms with E-state index < -0.39 is 3.93 Å². The molecule has 0 amide bonds. The van der Waals surface area contributed by atoms with Crippen molar-refractivity contribution in [1.29, 1.82) is 0 Å². The van der Waals surface area contributed by atoms with Crippen LogP contribution in [0.25, 0.3) is 0 Å². The molecule has 0 saturated carbocycles. The van der Waals surface area contributed by atoms with E-state index in [0.29, 0.717) is 0 Å². The predicted octanol–water partition coefficient (Wildman–Crippen LogP) is 4.76. The Morgan fingerprint density at radius 1 is 1.25 bits per heavy atom. The molecule has 0 radical (unpaired) electrons. The van der Waals surface area contributed by atoms with Crippen molar-refractivity contribution < 1.29 is 0 Å². The Hall–Kier alpha value is 1.62. The van der Waals surface area contributed by atoms with Crippen LogP contribution in [0.4, 0.5) is 0 Å². The Kier molecular flexibility index (Phi) is 4.31. The lowest BCUT2D eigenvalue weighted by atomic mass is 10.0. The summed E-state index contributed by atoms with van der Waals surface area (Å²) < 4.78 is -1.38. The maximum atomic E-state index is 3.74. The van der Waals surface area contributed by atoms with E-state index >= 15 is 0 Å². The number of alkyl halides is 1. The van der Waals surface area contributed by atoms with Crippen LogP contribution in [0.5, 0.6) is 0 Å². The maximum Gasteiger partial charge on any atom is 0.269 e. The lowest BCUT2D eigenvalue weighted by molar-refractivity contribution is 0.811. The number of rotatable bonds is 2. The van der Waals surface area contributed by atoms with E-state index in [1.807, 2.05) is 0 Å². The Morgan fingerprint density at radius 3 is 2.33 bits per heavy atom. The van der Waals surface area contributed by atoms with Crippen LogP contribution in [0.1, 0.15) is 6.42 Å². The van der Waals surface area contributed by atoms with Crippen molar-refractivity contribution in [2.75, 3.05) is 0 Å². The largest absolute Gasteiger partial charge is 0.269 e. The molecule has 0 aromatic carbocycles. The normalized spacial score (nSPS) is 29.3. The van der Waals surface area contributed by atoms with Crippen LogP contribution in [0.15, 0.2) is 24.3 Å². The summed E-state index contributed by atoms with van der Waals surface area (Å²) in [6.07, 6.45) is 9.62. The van der Waals surface area contributed by atoms with Crippen LogP contribution in [0, 0.1) is 0 Å². The molecule has 0 aromatic rings. The highest BCUT2D eigenvalue weighted by molar-refractivity contribution is 9.72. The van der Waals surface area contributed by atoms with Crippen LogP contribution < -0.4 is 0 Å². The standard InChI is InChI=1S/C7H8Br4Si/c8-7(6-12(9,10)11)4-2-1-3-5-7/h1-4H,5-6H2. The van der Waals surface area contributed by atoms with Gasteiger partial charge in [-0.15, -0.1) is 0 Å². The zero-order valence-corrected chi connectivity index (χ0v) is 13.6. The van der Waals surface area contributed by atoms with Gasteiger partial charge in [-0.1, -0.05) is 86.1 Å². The fourth-order valence-electron chi connectivity index (χ4n) is 1.10. The highest BCUT2D eigenvalue weighted by Gasteiger charge is 2.35. The molecule has 0 heterocycles. The second kappa shape index (κ2) is 4.42. The molecule has 0 aliphatic heterocycles. The Bertz CT molecular complexity index is 218. The molecule has 0 aromatic heterocycles. The van der Waals surface area contributed by atoms with Gasteiger partial charge in [0.15, 0.2) is 0 Å². The highest BCUT2D eigenvalue weighted by Crippen LogP contribution is 2.43. The van der Waals surface area contributed by atoms with Crippen molar-refractivity contribution in [1.82, 2.24) is 0 Å². The quantitative estimate of drug-likeness (QED) is 0.330. The number of hydrogen-bond donors (Lipinski definition) is 0. The fourth-order valence-corrected chi connectivity index (χ4v) is 11.5. The summed E-state index contributed by atoms with van der Waals surface area (Å²) in [6, 6.07) is 1.07. The van der Waals surface area contributed by atoms with Crippen molar-refractivity contribution in [3.05, 3.63) is 24.3 Å². The predicted molar refractivity (Wildman–Crippen MR) is 71.9 cm³/mol. The molecule has 0 spiro atoms. The first kappa shape index (κ1) is 11.7. The molecule has 12 heavy (non-hydrogen) atoms. The summed E-state index contributed by atoms with van der Waals surface area (Å²) in [4.78, 5) is 0. The average molecular weight is 440 g/mol. The minimum atomic E-state index is -1.51. The SMILES string of the molecule is BrC1(C[Si](Br)(Br)Br)C=CC=CC1. The van der Waals surface area contributed by atoms with E-state index in [0.717, 1.165) is 12.5 Å². The summed E-state index contributed by atoms with van der Waals surface area (Å²) >= 11 is 14.6. The van der Waals surface area contributed by atoms with Gasteiger partial charge in [-0.05, 0) is 12.5 Å². The monoisotopic (exact) mass is 436 g/mol. The molecule has 1 unspecified atom stereocenters. The molecule has 5 heteroatoms. The molecule has 1 rings (SSSR count). The van der Waals surface area contributed by atoms with E-state index in [4.69, 9.17) is 0 Å². The lowest BCUT2D eigenvalue weighted by Crippen LogP contribution is -2.26. The molecule has 68 valence electrons. The topological polar surface area (TPSA) is 0 Å². The van der Waals surface area contributed by atoms with E-state index in [1.165, 1.54) is 0 Å². The van der Waals surface area contributed by atoms with Gasteiger partial charge in [-0.25, -0.2) is 0 Å². The minimum Gasteiger partial charge on any atom is -0.0964 e. The van der Waals surface area contributed by atoms with Gasteiger partial charge in [0.25, 0.3) is 3.93 Å². The van der Waals surface area contributed by atoms with Gasteiger partial charge in [-0.2, -0.15) is 0 Å². The number of halogens is 4. The van der Waals surface area contributed by atoms with Gasteiger partial charge in [0.05, 0.1) is 0 Å². The lowest BCUT2D eigenvalue weighted by Gasteiger charge is -2.27. The van der Waals surface area contributed by atoms with E-state index in [1.54, 1.807) is 0 Å². The molecule has 0 bridgehead atoms. The summed E-state index contributed by atoms with van der Waals surface area (Å²) in [7, 11) is 0. The van der Waals surface area contributed by atoms with Crippen molar-refractivity contribution in [3.63, 3.8) is 0 Å². The van der Waals surface area contributed by atoms with Crippen LogP contribution in [0.2, 0.25) is 6.04 Å². The molecule has 1 atom stereocenters. The maximum absolute atomic E-state index is 3.74. The number of allylic oxidation sites excluding steroid dienone is 4. The van der Waals surface area contributed by atoms with E-state index in [-0.39, 0.29) is 4.32 Å². The van der Waals surface area contributed by atoms with Crippen molar-refractivity contribution in [2.45, 2.75) is 16.8 Å². The molecule has 1 aliphatic carbocycles. The molecule has 1 aliphatic rings. The van der Waals surface area contributed by atoms with Gasteiger partial charge in [0.1, 0.15) is 0 Å². The third-order valence-corrected chi connectivity index (χ3v) is 6.53. The highest BCUT2D eigenvalue weighted by atomic mass is 80.0. The molecular formula is C7H8Br4Si. The zero-order valence-electron chi connectivity index (χ0n) is 6.24. The van der Waals surface area contributed by atoms with E-state index in [9.17, 15) is 0 Å². The summed E-state index contributed by atoms with van der Waals surface area (Å²) in [6.45, 7) is 0. The molecule has 0 fully saturated rings. The molecular weight excluding hydrogens is 432 g/mol. The van der Waals surface area contributed by atoms with E-state index in [2.05, 4.69) is 86.1 Å². The van der Waals surface area contributed by atoms with Crippen LogP contribution in [-0.2, 0) is 0 Å². The van der Waals surface area contributed by atoms with Gasteiger partial charge in [0, 0.05) is 4.32 Å². The summed E-state index contributed by atoms with van der Waals surface area (Å²) in [5, 5.41) is 0. The third kappa shape index (κ3) is 4.22. The van der Waals surface area contributed by atoms with Gasteiger partial charge >= 0.3 is 0 Å². The van der Waals surface area contributed by atoms with Gasteiger partial charge < -0.3 is 0 Å². The first-order valence-electron chi connectivity index (χ1n) is 3.51. The zero-order chi connectivity index (χ0) is 9.24. The van der Waals surface area contributed by atoms with Crippen LogP contribution in [0.3, 0.4) is 0 Å². The van der Waals surface area contributed by atoms with Crippen LogP contribution in [-0.4, -0.2) is 8.26 Å². The van der Waals surface area contributed by atoms with Crippen molar-refractivity contribution >= 4 is 65.7 Å². The smallest absolute Gasteiger partial charge is 0.0964 e. The van der Waals surface area contributed by atoms with Gasteiger partial charge in [-0.3, -0.25) is 0 Å². The second-order valence-corrected chi connectivity index (χ2v) is 27.7. The fraction of sp³-hybridized carbons (Fsp3) is 0.429. The summed E-state index contributed by atoms with van der Waals surface area (Å²) in [5.74, 6) is 0. The van der Waals surface area contributed by atoms with Crippen LogP contribution >= 0.6 is 61.8 Å². The molecule has 0 N–H and O–H groups in total. The Labute approximate surface area is 106 Å². The van der Waals surface area contributed by atoms with Crippen molar-refractivity contribution in [2.24, 2.45) is 0 Å². The first-order valence-corrected chi connectivity index (χ1v) is 13.3.